The number of halogens is 1. The predicted octanol–water partition coefficient (Wildman–Crippen LogP) is 4.09. The van der Waals surface area contributed by atoms with E-state index in [1.165, 1.54) is 0 Å². The first-order chi connectivity index (χ1) is 16.3. The van der Waals surface area contributed by atoms with E-state index in [1.807, 2.05) is 48.5 Å². The Morgan fingerprint density at radius 3 is 2.50 bits per heavy atom. The van der Waals surface area contributed by atoms with Gasteiger partial charge in [0.15, 0.2) is 17.5 Å². The van der Waals surface area contributed by atoms with Gasteiger partial charge in [0, 0.05) is 49.8 Å². The number of aliphatic imine (C=N–C) groups is 1. The molecule has 0 aliphatic carbocycles. The third-order valence-corrected chi connectivity index (χ3v) is 4.96. The summed E-state index contributed by atoms with van der Waals surface area (Å²) in [5.74, 6) is 2.83. The molecule has 0 spiro atoms. The second kappa shape index (κ2) is 13.5. The number of carbonyl (C=O) groups is 1. The van der Waals surface area contributed by atoms with E-state index in [4.69, 9.17) is 13.9 Å². The van der Waals surface area contributed by atoms with Crippen LogP contribution in [0, 0.1) is 0 Å². The van der Waals surface area contributed by atoms with Gasteiger partial charge in [0.1, 0.15) is 5.76 Å². The van der Waals surface area contributed by atoms with Gasteiger partial charge in [-0.1, -0.05) is 18.2 Å². The van der Waals surface area contributed by atoms with Crippen LogP contribution in [0.1, 0.15) is 22.5 Å². The number of fused-ring (bicyclic) bond motifs is 1. The Bertz CT molecular complexity index is 1060. The summed E-state index contributed by atoms with van der Waals surface area (Å²) < 4.78 is 16.9. The summed E-state index contributed by atoms with van der Waals surface area (Å²) in [6, 6.07) is 18.7. The summed E-state index contributed by atoms with van der Waals surface area (Å²) in [5.41, 5.74) is 1.46. The molecule has 0 unspecified atom stereocenters. The monoisotopic (exact) mass is 576 g/mol. The number of carbonyl (C=O) groups excluding carboxylic acids is 1. The van der Waals surface area contributed by atoms with Gasteiger partial charge in [-0.3, -0.25) is 9.79 Å². The number of hydrogen-bond donors (Lipinski definition) is 3. The Labute approximate surface area is 216 Å². The zero-order valence-electron chi connectivity index (χ0n) is 18.8. The number of ether oxygens (including phenoxy) is 2. The van der Waals surface area contributed by atoms with E-state index in [1.54, 1.807) is 18.4 Å². The third-order valence-electron chi connectivity index (χ3n) is 4.96. The first-order valence-corrected chi connectivity index (χ1v) is 11.1. The molecule has 34 heavy (non-hydrogen) atoms. The van der Waals surface area contributed by atoms with Crippen LogP contribution in [0.5, 0.6) is 11.5 Å². The first-order valence-electron chi connectivity index (χ1n) is 11.1. The van der Waals surface area contributed by atoms with Gasteiger partial charge in [-0.2, -0.15) is 0 Å². The molecule has 2 aromatic carbocycles. The van der Waals surface area contributed by atoms with Crippen LogP contribution in [0.3, 0.4) is 0 Å². The average Bonchev–Trinajstić information content (AvgIpc) is 3.25. The fourth-order valence-corrected chi connectivity index (χ4v) is 3.30. The Morgan fingerprint density at radius 2 is 1.71 bits per heavy atom. The minimum absolute atomic E-state index is 0. The molecule has 4 rings (SSSR count). The Balaban J connectivity index is 0.00000324. The van der Waals surface area contributed by atoms with E-state index in [9.17, 15) is 4.79 Å². The van der Waals surface area contributed by atoms with Crippen molar-refractivity contribution < 1.29 is 18.7 Å². The van der Waals surface area contributed by atoms with E-state index >= 15 is 0 Å². The number of amides is 1. The zero-order chi connectivity index (χ0) is 22.7. The quantitative estimate of drug-likeness (QED) is 0.162. The van der Waals surface area contributed by atoms with Crippen molar-refractivity contribution in [3.63, 3.8) is 0 Å². The molecule has 1 aromatic heterocycles. The molecule has 9 heteroatoms. The molecule has 0 bridgehead atoms. The lowest BCUT2D eigenvalue weighted by atomic mass is 10.2. The summed E-state index contributed by atoms with van der Waals surface area (Å²) in [6.07, 6.45) is 3.20. The van der Waals surface area contributed by atoms with Gasteiger partial charge in [0.25, 0.3) is 5.91 Å². The lowest BCUT2D eigenvalue weighted by molar-refractivity contribution is 0.0954. The zero-order valence-corrected chi connectivity index (χ0v) is 21.1. The van der Waals surface area contributed by atoms with Crippen LogP contribution in [-0.4, -0.2) is 44.7 Å². The largest absolute Gasteiger partial charge is 0.490 e. The molecule has 8 nitrogen and oxygen atoms in total. The standard InChI is InChI=1S/C25H28N4O4.HI/c30-24(19-6-2-1-3-7-19)26-13-14-28-25(27-12-11-21-8-4-15-31-21)29-20-9-10-22-23(18-20)33-17-5-16-32-22;/h1-4,6-10,15,18H,5,11-14,16-17H2,(H,26,30)(H2,27,28,29);1H. The van der Waals surface area contributed by atoms with Crippen LogP contribution >= 0.6 is 24.0 Å². The molecule has 1 aliphatic heterocycles. The fourth-order valence-electron chi connectivity index (χ4n) is 3.30. The average molecular weight is 576 g/mol. The Kier molecular flexibility index (Phi) is 10.1. The fraction of sp³-hybridized carbons (Fsp3) is 0.280. The SMILES string of the molecule is I.O=C(NCCNC(=NCCc1ccco1)Nc1ccc2c(c1)OCCCO2)c1ccccc1. The summed E-state index contributed by atoms with van der Waals surface area (Å²) >= 11 is 0. The Morgan fingerprint density at radius 1 is 0.912 bits per heavy atom. The molecule has 1 aliphatic rings. The molecule has 1 amide bonds. The maximum Gasteiger partial charge on any atom is 0.251 e. The predicted molar refractivity (Wildman–Crippen MR) is 143 cm³/mol. The van der Waals surface area contributed by atoms with Gasteiger partial charge in [-0.05, 0) is 36.4 Å². The van der Waals surface area contributed by atoms with Crippen LogP contribution in [0.15, 0.2) is 76.3 Å². The highest BCUT2D eigenvalue weighted by atomic mass is 127. The van der Waals surface area contributed by atoms with Gasteiger partial charge < -0.3 is 29.8 Å². The number of guanidine groups is 1. The number of hydrogen-bond acceptors (Lipinski definition) is 5. The van der Waals surface area contributed by atoms with E-state index in [2.05, 4.69) is 20.9 Å². The molecule has 0 atom stereocenters. The molecule has 0 fully saturated rings. The number of nitrogens with one attached hydrogen (secondary N) is 3. The molecule has 2 heterocycles. The van der Waals surface area contributed by atoms with Crippen molar-refractivity contribution in [2.24, 2.45) is 4.99 Å². The molecule has 0 saturated carbocycles. The first kappa shape index (κ1) is 25.4. The van der Waals surface area contributed by atoms with Crippen LogP contribution in [0.4, 0.5) is 5.69 Å². The molecular weight excluding hydrogens is 547 g/mol. The van der Waals surface area contributed by atoms with E-state index in [0.29, 0.717) is 56.5 Å². The number of anilines is 1. The maximum atomic E-state index is 12.2. The van der Waals surface area contributed by atoms with Crippen molar-refractivity contribution in [1.29, 1.82) is 0 Å². The second-order valence-corrected chi connectivity index (χ2v) is 7.45. The van der Waals surface area contributed by atoms with Crippen molar-refractivity contribution in [3.05, 3.63) is 78.3 Å². The van der Waals surface area contributed by atoms with E-state index in [-0.39, 0.29) is 29.9 Å². The number of furan rings is 1. The molecule has 0 saturated heterocycles. The highest BCUT2D eigenvalue weighted by molar-refractivity contribution is 14.0. The van der Waals surface area contributed by atoms with Crippen LogP contribution in [0.25, 0.3) is 0 Å². The van der Waals surface area contributed by atoms with Crippen molar-refractivity contribution in [1.82, 2.24) is 10.6 Å². The maximum absolute atomic E-state index is 12.2. The van der Waals surface area contributed by atoms with Gasteiger partial charge in [0.2, 0.25) is 0 Å². The number of rotatable bonds is 8. The summed E-state index contributed by atoms with van der Waals surface area (Å²) in [5, 5.41) is 9.49. The molecule has 3 aromatic rings. The molecular formula is C25H29IN4O4. The smallest absolute Gasteiger partial charge is 0.251 e. The van der Waals surface area contributed by atoms with Crippen molar-refractivity contribution >= 4 is 41.5 Å². The molecule has 180 valence electrons. The van der Waals surface area contributed by atoms with Crippen molar-refractivity contribution in [2.75, 3.05) is 38.2 Å². The van der Waals surface area contributed by atoms with Crippen molar-refractivity contribution in [2.45, 2.75) is 12.8 Å². The van der Waals surface area contributed by atoms with Gasteiger partial charge in [-0.25, -0.2) is 0 Å². The lowest BCUT2D eigenvalue weighted by Gasteiger charge is -2.15. The van der Waals surface area contributed by atoms with Gasteiger partial charge in [-0.15, -0.1) is 24.0 Å². The lowest BCUT2D eigenvalue weighted by Crippen LogP contribution is -2.38. The number of nitrogens with zero attached hydrogens (tertiary/aromatic N) is 1. The summed E-state index contributed by atoms with van der Waals surface area (Å²) in [4.78, 5) is 16.9. The highest BCUT2D eigenvalue weighted by Gasteiger charge is 2.12. The second-order valence-electron chi connectivity index (χ2n) is 7.45. The van der Waals surface area contributed by atoms with E-state index < -0.39 is 0 Å². The molecule has 3 N–H and O–H groups in total. The Hall–Kier alpha value is -3.21. The highest BCUT2D eigenvalue weighted by Crippen LogP contribution is 2.32. The summed E-state index contributed by atoms with van der Waals surface area (Å²) in [6.45, 7) is 2.78. The minimum Gasteiger partial charge on any atom is -0.490 e. The van der Waals surface area contributed by atoms with Crippen LogP contribution < -0.4 is 25.4 Å². The normalized spacial score (nSPS) is 12.8. The van der Waals surface area contributed by atoms with Crippen LogP contribution in [-0.2, 0) is 6.42 Å². The molecule has 0 radical (unpaired) electrons. The topological polar surface area (TPSA) is 97.1 Å². The number of benzene rings is 2. The minimum atomic E-state index is -0.107. The van der Waals surface area contributed by atoms with Crippen molar-refractivity contribution in [3.8, 4) is 11.5 Å². The third kappa shape index (κ3) is 7.68. The van der Waals surface area contributed by atoms with E-state index in [0.717, 1.165) is 23.6 Å². The van der Waals surface area contributed by atoms with Gasteiger partial charge in [0.05, 0.1) is 19.5 Å². The van der Waals surface area contributed by atoms with Crippen LogP contribution in [0.2, 0.25) is 0 Å². The summed E-state index contributed by atoms with van der Waals surface area (Å²) in [7, 11) is 0. The van der Waals surface area contributed by atoms with Gasteiger partial charge >= 0.3 is 0 Å².